The van der Waals surface area contributed by atoms with Gasteiger partial charge in [-0.05, 0) is 37.9 Å². The van der Waals surface area contributed by atoms with Crippen LogP contribution in [0.3, 0.4) is 0 Å². The smallest absolute Gasteiger partial charge is 0.189 e. The van der Waals surface area contributed by atoms with Crippen molar-refractivity contribution < 1.29 is 14.6 Å². The highest BCUT2D eigenvalue weighted by Crippen LogP contribution is 2.33. The van der Waals surface area contributed by atoms with Gasteiger partial charge in [-0.15, -0.1) is 0 Å². The van der Waals surface area contributed by atoms with Crippen LogP contribution in [0.5, 0.6) is 5.75 Å². The van der Waals surface area contributed by atoms with Gasteiger partial charge in [-0.3, -0.25) is 4.90 Å². The Bertz CT molecular complexity index is 493. The molecule has 116 valence electrons. The number of aliphatic hydroxyl groups excluding tert-OH is 1. The predicted molar refractivity (Wildman–Crippen MR) is 81.5 cm³/mol. The Labute approximate surface area is 130 Å². The fourth-order valence-electron chi connectivity index (χ4n) is 3.34. The Morgan fingerprint density at radius 2 is 2.24 bits per heavy atom. The molecule has 21 heavy (non-hydrogen) atoms. The Hall–Kier alpha value is -0.810. The third-order valence-electron chi connectivity index (χ3n) is 4.34. The van der Waals surface area contributed by atoms with Gasteiger partial charge in [0.25, 0.3) is 0 Å². The van der Waals surface area contributed by atoms with E-state index in [0.717, 1.165) is 47.8 Å². The lowest BCUT2D eigenvalue weighted by molar-refractivity contribution is -0.0178. The van der Waals surface area contributed by atoms with Crippen molar-refractivity contribution in [1.82, 2.24) is 4.90 Å². The minimum Gasteiger partial charge on any atom is -0.467 e. The third-order valence-corrected chi connectivity index (χ3v) is 4.55. The second kappa shape index (κ2) is 6.97. The zero-order valence-corrected chi connectivity index (χ0v) is 12.9. The van der Waals surface area contributed by atoms with E-state index < -0.39 is 0 Å². The molecule has 1 aromatic rings. The minimum absolute atomic E-state index is 0.249. The topological polar surface area (TPSA) is 41.9 Å². The van der Waals surface area contributed by atoms with Gasteiger partial charge in [-0.2, -0.15) is 0 Å². The first-order valence-corrected chi connectivity index (χ1v) is 8.02. The molecular weight excluding hydrogens is 290 g/mol. The van der Waals surface area contributed by atoms with Crippen molar-refractivity contribution in [3.05, 3.63) is 28.3 Å². The molecule has 0 aromatic heterocycles. The molecule has 1 atom stereocenters. The highest BCUT2D eigenvalue weighted by Gasteiger charge is 2.24. The minimum atomic E-state index is 0.249. The van der Waals surface area contributed by atoms with Gasteiger partial charge in [0, 0.05) is 35.3 Å². The number of rotatable bonds is 4. The number of aliphatic hydroxyl groups is 1. The van der Waals surface area contributed by atoms with Crippen LogP contribution >= 0.6 is 11.6 Å². The van der Waals surface area contributed by atoms with Crippen LogP contribution in [0.15, 0.2) is 12.1 Å². The Morgan fingerprint density at radius 3 is 3.10 bits per heavy atom. The maximum atomic E-state index is 9.25. The molecule has 3 rings (SSSR count). The van der Waals surface area contributed by atoms with Gasteiger partial charge in [0.1, 0.15) is 5.75 Å². The van der Waals surface area contributed by atoms with E-state index in [0.29, 0.717) is 19.4 Å². The highest BCUT2D eigenvalue weighted by molar-refractivity contribution is 6.30. The van der Waals surface area contributed by atoms with Crippen LogP contribution in [-0.2, 0) is 17.9 Å². The maximum absolute atomic E-state index is 9.25. The zero-order valence-electron chi connectivity index (χ0n) is 12.2. The standard InChI is InChI=1S/C16H22ClNO3/c17-14-7-12(16-13(8-14)10-20-11-21-16)9-18-5-2-1-3-15(18)4-6-19/h7-8,15,19H,1-6,9-11H2. The summed E-state index contributed by atoms with van der Waals surface area (Å²) in [6.07, 6.45) is 4.47. The van der Waals surface area contributed by atoms with E-state index in [1.807, 2.05) is 12.1 Å². The van der Waals surface area contributed by atoms with Gasteiger partial charge in [0.05, 0.1) is 6.61 Å². The number of nitrogens with zero attached hydrogens (tertiary/aromatic N) is 1. The summed E-state index contributed by atoms with van der Waals surface area (Å²) in [7, 11) is 0. The summed E-state index contributed by atoms with van der Waals surface area (Å²) in [6, 6.07) is 4.37. The number of piperidine rings is 1. The van der Waals surface area contributed by atoms with Crippen LogP contribution in [0.4, 0.5) is 0 Å². The molecule has 2 aliphatic heterocycles. The molecule has 0 aliphatic carbocycles. The molecule has 0 spiro atoms. The van der Waals surface area contributed by atoms with Crippen LogP contribution in [-0.4, -0.2) is 36.0 Å². The molecule has 1 fully saturated rings. The lowest BCUT2D eigenvalue weighted by Gasteiger charge is -2.36. The number of hydrogen-bond acceptors (Lipinski definition) is 4. The zero-order chi connectivity index (χ0) is 14.7. The monoisotopic (exact) mass is 311 g/mol. The highest BCUT2D eigenvalue weighted by atomic mass is 35.5. The summed E-state index contributed by atoms with van der Waals surface area (Å²) in [5, 5.41) is 9.98. The molecule has 1 aromatic carbocycles. The Kier molecular flexibility index (Phi) is 5.01. The van der Waals surface area contributed by atoms with Gasteiger partial charge in [0.15, 0.2) is 6.79 Å². The van der Waals surface area contributed by atoms with Crippen molar-refractivity contribution in [2.45, 2.75) is 44.9 Å². The van der Waals surface area contributed by atoms with E-state index in [2.05, 4.69) is 4.90 Å². The van der Waals surface area contributed by atoms with Gasteiger partial charge in [0.2, 0.25) is 0 Å². The first-order valence-electron chi connectivity index (χ1n) is 7.64. The van der Waals surface area contributed by atoms with E-state index in [-0.39, 0.29) is 6.61 Å². The predicted octanol–water partition coefficient (Wildman–Crippen LogP) is 2.94. The lowest BCUT2D eigenvalue weighted by Crippen LogP contribution is -2.39. The maximum Gasteiger partial charge on any atom is 0.189 e. The normalized spacial score (nSPS) is 22.7. The summed E-state index contributed by atoms with van der Waals surface area (Å²) >= 11 is 6.23. The number of likely N-dealkylation sites (tertiary alicyclic amines) is 1. The molecule has 1 saturated heterocycles. The summed E-state index contributed by atoms with van der Waals surface area (Å²) in [6.45, 7) is 3.01. The van der Waals surface area contributed by atoms with Crippen LogP contribution in [0.25, 0.3) is 0 Å². The summed E-state index contributed by atoms with van der Waals surface area (Å²) in [4.78, 5) is 2.45. The van der Waals surface area contributed by atoms with Crippen LogP contribution < -0.4 is 4.74 Å². The van der Waals surface area contributed by atoms with Gasteiger partial charge in [-0.1, -0.05) is 18.0 Å². The summed E-state index contributed by atoms with van der Waals surface area (Å²) < 4.78 is 11.0. The van der Waals surface area contributed by atoms with E-state index in [1.54, 1.807) is 0 Å². The lowest BCUT2D eigenvalue weighted by atomic mass is 9.98. The molecule has 1 unspecified atom stereocenters. The molecule has 5 heteroatoms. The molecular formula is C16H22ClNO3. The molecule has 4 nitrogen and oxygen atoms in total. The van der Waals surface area contributed by atoms with Crippen molar-refractivity contribution in [2.24, 2.45) is 0 Å². The number of ether oxygens (including phenoxy) is 2. The SMILES string of the molecule is OCCC1CCCCN1Cc1cc(Cl)cc2c1OCOC2. The molecule has 2 aliphatic rings. The van der Waals surface area contributed by atoms with E-state index >= 15 is 0 Å². The molecule has 2 heterocycles. The number of hydrogen-bond donors (Lipinski definition) is 1. The second-order valence-electron chi connectivity index (χ2n) is 5.80. The number of fused-ring (bicyclic) bond motifs is 1. The Balaban J connectivity index is 1.81. The van der Waals surface area contributed by atoms with Crippen molar-refractivity contribution in [3.63, 3.8) is 0 Å². The molecule has 1 N–H and O–H groups in total. The quantitative estimate of drug-likeness (QED) is 0.928. The van der Waals surface area contributed by atoms with Crippen molar-refractivity contribution in [2.75, 3.05) is 19.9 Å². The van der Waals surface area contributed by atoms with Crippen molar-refractivity contribution >= 4 is 11.6 Å². The van der Waals surface area contributed by atoms with Crippen LogP contribution in [0.2, 0.25) is 5.02 Å². The molecule has 0 saturated carbocycles. The van der Waals surface area contributed by atoms with Crippen molar-refractivity contribution in [1.29, 1.82) is 0 Å². The average Bonchev–Trinajstić information content (AvgIpc) is 2.49. The summed E-state index contributed by atoms with van der Waals surface area (Å²) in [5.74, 6) is 0.930. The number of benzene rings is 1. The van der Waals surface area contributed by atoms with E-state index in [9.17, 15) is 5.11 Å². The average molecular weight is 312 g/mol. The van der Waals surface area contributed by atoms with Gasteiger partial charge in [-0.25, -0.2) is 0 Å². The van der Waals surface area contributed by atoms with Gasteiger partial charge < -0.3 is 14.6 Å². The van der Waals surface area contributed by atoms with Gasteiger partial charge >= 0.3 is 0 Å². The van der Waals surface area contributed by atoms with Crippen molar-refractivity contribution in [3.8, 4) is 5.75 Å². The first kappa shape index (κ1) is 15.1. The number of halogens is 1. The fourth-order valence-corrected chi connectivity index (χ4v) is 3.60. The largest absolute Gasteiger partial charge is 0.467 e. The Morgan fingerprint density at radius 1 is 1.33 bits per heavy atom. The first-order chi connectivity index (χ1) is 10.3. The molecule has 0 bridgehead atoms. The third kappa shape index (κ3) is 3.51. The van der Waals surface area contributed by atoms with Crippen LogP contribution in [0, 0.1) is 0 Å². The summed E-state index contributed by atoms with van der Waals surface area (Å²) in [5.41, 5.74) is 2.16. The fraction of sp³-hybridized carbons (Fsp3) is 0.625. The van der Waals surface area contributed by atoms with Crippen LogP contribution in [0.1, 0.15) is 36.8 Å². The second-order valence-corrected chi connectivity index (χ2v) is 6.23. The van der Waals surface area contributed by atoms with E-state index in [1.165, 1.54) is 12.8 Å². The van der Waals surface area contributed by atoms with E-state index in [4.69, 9.17) is 21.1 Å². The molecule has 0 radical (unpaired) electrons. The molecule has 0 amide bonds.